The molecular formula is C24H27N3O2. The van der Waals surface area contributed by atoms with E-state index >= 15 is 0 Å². The van der Waals surface area contributed by atoms with Gasteiger partial charge < -0.3 is 9.32 Å². The molecule has 0 bridgehead atoms. The summed E-state index contributed by atoms with van der Waals surface area (Å²) in [6, 6.07) is 16.0. The molecule has 5 nitrogen and oxygen atoms in total. The van der Waals surface area contributed by atoms with Gasteiger partial charge in [0.1, 0.15) is 5.52 Å². The number of hydrogen-bond donors (Lipinski definition) is 0. The first-order valence-corrected chi connectivity index (χ1v) is 10.7. The number of benzene rings is 2. The molecule has 1 aromatic heterocycles. The molecule has 29 heavy (non-hydrogen) atoms. The van der Waals surface area contributed by atoms with Gasteiger partial charge in [-0.3, -0.25) is 9.69 Å². The maximum atomic E-state index is 13.0. The average molecular weight is 389 g/mol. The average Bonchev–Trinajstić information content (AvgIpc) is 3.48. The molecule has 1 saturated carbocycles. The van der Waals surface area contributed by atoms with Gasteiger partial charge in [-0.2, -0.15) is 0 Å². The van der Waals surface area contributed by atoms with Crippen LogP contribution in [0.2, 0.25) is 0 Å². The fraction of sp³-hybridized carbons (Fsp3) is 0.417. The Bertz CT molecular complexity index is 986. The second-order valence-electron chi connectivity index (χ2n) is 8.31. The summed E-state index contributed by atoms with van der Waals surface area (Å²) >= 11 is 0. The smallest absolute Gasteiger partial charge is 0.254 e. The van der Waals surface area contributed by atoms with Crippen molar-refractivity contribution in [3.8, 4) is 0 Å². The monoisotopic (exact) mass is 389 g/mol. The first-order chi connectivity index (χ1) is 14.2. The zero-order valence-corrected chi connectivity index (χ0v) is 16.7. The van der Waals surface area contributed by atoms with Gasteiger partial charge in [-0.1, -0.05) is 30.3 Å². The molecule has 1 saturated heterocycles. The van der Waals surface area contributed by atoms with Crippen molar-refractivity contribution in [2.24, 2.45) is 5.92 Å². The summed E-state index contributed by atoms with van der Waals surface area (Å²) in [4.78, 5) is 22.0. The number of rotatable bonds is 6. The Kier molecular flexibility index (Phi) is 5.06. The minimum Gasteiger partial charge on any atom is -0.441 e. The Morgan fingerprint density at radius 3 is 2.55 bits per heavy atom. The Labute approximate surface area is 171 Å². The van der Waals surface area contributed by atoms with E-state index in [2.05, 4.69) is 22.0 Å². The van der Waals surface area contributed by atoms with Gasteiger partial charge in [-0.15, -0.1) is 0 Å². The molecule has 5 heteroatoms. The van der Waals surface area contributed by atoms with Crippen LogP contribution in [0.15, 0.2) is 52.9 Å². The molecule has 1 aliphatic heterocycles. The van der Waals surface area contributed by atoms with E-state index in [1.54, 1.807) is 0 Å². The van der Waals surface area contributed by atoms with Crippen molar-refractivity contribution in [2.45, 2.75) is 25.7 Å². The first-order valence-electron chi connectivity index (χ1n) is 10.7. The zero-order valence-electron chi connectivity index (χ0n) is 16.7. The maximum Gasteiger partial charge on any atom is 0.254 e. The molecule has 0 atom stereocenters. The van der Waals surface area contributed by atoms with Crippen LogP contribution in [0.25, 0.3) is 11.1 Å². The van der Waals surface area contributed by atoms with Crippen molar-refractivity contribution in [1.29, 1.82) is 0 Å². The third-order valence-corrected chi connectivity index (χ3v) is 6.02. The van der Waals surface area contributed by atoms with Gasteiger partial charge in [0.25, 0.3) is 5.91 Å². The van der Waals surface area contributed by atoms with Crippen LogP contribution in [-0.4, -0.2) is 53.4 Å². The normalized spacial score (nSPS) is 17.7. The molecular weight excluding hydrogens is 362 g/mol. The van der Waals surface area contributed by atoms with Crippen LogP contribution in [0, 0.1) is 5.92 Å². The highest BCUT2D eigenvalue weighted by molar-refractivity contribution is 5.97. The number of aromatic nitrogens is 1. The van der Waals surface area contributed by atoms with Gasteiger partial charge in [-0.05, 0) is 48.9 Å². The predicted molar refractivity (Wildman–Crippen MR) is 113 cm³/mol. The second-order valence-corrected chi connectivity index (χ2v) is 8.31. The number of hydrogen-bond acceptors (Lipinski definition) is 4. The van der Waals surface area contributed by atoms with E-state index in [1.807, 2.05) is 41.3 Å². The zero-order chi connectivity index (χ0) is 19.6. The molecule has 0 radical (unpaired) electrons. The Hall–Kier alpha value is -2.66. The van der Waals surface area contributed by atoms with Crippen LogP contribution >= 0.6 is 0 Å². The van der Waals surface area contributed by atoms with Crippen LogP contribution < -0.4 is 0 Å². The van der Waals surface area contributed by atoms with Gasteiger partial charge >= 0.3 is 0 Å². The number of fused-ring (bicyclic) bond motifs is 1. The fourth-order valence-electron chi connectivity index (χ4n) is 4.09. The molecule has 0 spiro atoms. The van der Waals surface area contributed by atoms with Gasteiger partial charge in [0, 0.05) is 44.7 Å². The third-order valence-electron chi connectivity index (χ3n) is 6.02. The summed E-state index contributed by atoms with van der Waals surface area (Å²) in [6.07, 6.45) is 4.41. The van der Waals surface area contributed by atoms with Crippen LogP contribution in [0.5, 0.6) is 0 Å². The summed E-state index contributed by atoms with van der Waals surface area (Å²) in [7, 11) is 0. The molecule has 2 fully saturated rings. The summed E-state index contributed by atoms with van der Waals surface area (Å²) in [5, 5.41) is 0. The van der Waals surface area contributed by atoms with Crippen LogP contribution in [-0.2, 0) is 12.8 Å². The molecule has 3 aromatic rings. The quantitative estimate of drug-likeness (QED) is 0.644. The lowest BCUT2D eigenvalue weighted by molar-refractivity contribution is 0.0632. The summed E-state index contributed by atoms with van der Waals surface area (Å²) in [5.41, 5.74) is 3.49. The predicted octanol–water partition coefficient (Wildman–Crippen LogP) is 3.78. The molecule has 2 heterocycles. The molecule has 1 amide bonds. The number of carbonyl (C=O) groups is 1. The van der Waals surface area contributed by atoms with Gasteiger partial charge in [0.15, 0.2) is 11.5 Å². The molecule has 150 valence electrons. The van der Waals surface area contributed by atoms with Crippen molar-refractivity contribution in [1.82, 2.24) is 14.8 Å². The van der Waals surface area contributed by atoms with Gasteiger partial charge in [0.2, 0.25) is 0 Å². The number of amides is 1. The molecule has 5 rings (SSSR count). The van der Waals surface area contributed by atoms with E-state index in [0.29, 0.717) is 5.56 Å². The number of piperazine rings is 1. The number of aryl methyl sites for hydroxylation is 2. The maximum absolute atomic E-state index is 13.0. The van der Waals surface area contributed by atoms with Crippen LogP contribution in [0.4, 0.5) is 0 Å². The molecule has 0 N–H and O–H groups in total. The van der Waals surface area contributed by atoms with Crippen molar-refractivity contribution < 1.29 is 9.21 Å². The highest BCUT2D eigenvalue weighted by Gasteiger charge is 2.28. The molecule has 2 aromatic carbocycles. The largest absolute Gasteiger partial charge is 0.441 e. The standard InChI is InChI=1S/C24H27N3O2/c28-24(27-14-12-26(13-15-27)17-19-6-7-19)20-9-10-22-21(16-20)25-23(29-22)11-8-18-4-2-1-3-5-18/h1-5,9-10,16,19H,6-8,11-15,17H2. The van der Waals surface area contributed by atoms with Crippen molar-refractivity contribution in [3.63, 3.8) is 0 Å². The Morgan fingerprint density at radius 2 is 1.79 bits per heavy atom. The second kappa shape index (κ2) is 7.99. The third kappa shape index (κ3) is 4.35. The minimum absolute atomic E-state index is 0.104. The van der Waals surface area contributed by atoms with E-state index in [1.165, 1.54) is 24.9 Å². The molecule has 1 aliphatic carbocycles. The lowest BCUT2D eigenvalue weighted by Gasteiger charge is -2.34. The molecule has 2 aliphatic rings. The highest BCUT2D eigenvalue weighted by atomic mass is 16.3. The Morgan fingerprint density at radius 1 is 1.00 bits per heavy atom. The summed E-state index contributed by atoms with van der Waals surface area (Å²) in [5.74, 6) is 1.73. The van der Waals surface area contributed by atoms with E-state index in [0.717, 1.165) is 61.9 Å². The summed E-state index contributed by atoms with van der Waals surface area (Å²) in [6.45, 7) is 4.80. The Balaban J connectivity index is 1.23. The van der Waals surface area contributed by atoms with Gasteiger partial charge in [-0.25, -0.2) is 4.98 Å². The van der Waals surface area contributed by atoms with E-state index in [9.17, 15) is 4.79 Å². The lowest BCUT2D eigenvalue weighted by Crippen LogP contribution is -2.49. The SMILES string of the molecule is O=C(c1ccc2oc(CCc3ccccc3)nc2c1)N1CCN(CC2CC2)CC1. The minimum atomic E-state index is 0.104. The first kappa shape index (κ1) is 18.4. The number of oxazole rings is 1. The topological polar surface area (TPSA) is 49.6 Å². The van der Waals surface area contributed by atoms with E-state index in [-0.39, 0.29) is 5.91 Å². The van der Waals surface area contributed by atoms with Crippen molar-refractivity contribution in [3.05, 3.63) is 65.5 Å². The van der Waals surface area contributed by atoms with E-state index in [4.69, 9.17) is 4.42 Å². The van der Waals surface area contributed by atoms with E-state index < -0.39 is 0 Å². The summed E-state index contributed by atoms with van der Waals surface area (Å²) < 4.78 is 5.88. The van der Waals surface area contributed by atoms with Crippen LogP contribution in [0.1, 0.15) is 34.7 Å². The number of carbonyl (C=O) groups excluding carboxylic acids is 1. The van der Waals surface area contributed by atoms with Crippen molar-refractivity contribution >= 4 is 17.0 Å². The van der Waals surface area contributed by atoms with Gasteiger partial charge in [0.05, 0.1) is 0 Å². The fourth-order valence-corrected chi connectivity index (χ4v) is 4.09. The van der Waals surface area contributed by atoms with Crippen molar-refractivity contribution in [2.75, 3.05) is 32.7 Å². The lowest BCUT2D eigenvalue weighted by atomic mass is 10.1. The molecule has 0 unspecified atom stereocenters. The van der Waals surface area contributed by atoms with Crippen LogP contribution in [0.3, 0.4) is 0 Å². The highest BCUT2D eigenvalue weighted by Crippen LogP contribution is 2.30. The number of nitrogens with zero attached hydrogens (tertiary/aromatic N) is 3.